The summed E-state index contributed by atoms with van der Waals surface area (Å²) >= 11 is 3.32. The summed E-state index contributed by atoms with van der Waals surface area (Å²) < 4.78 is 16.7. The van der Waals surface area contributed by atoms with E-state index >= 15 is 0 Å². The van der Waals surface area contributed by atoms with Gasteiger partial charge in [0.05, 0.1) is 37.6 Å². The lowest BCUT2D eigenvalue weighted by Gasteiger charge is -2.34. The number of carbonyl (C=O) groups is 1. The Morgan fingerprint density at radius 1 is 1.14 bits per heavy atom. The van der Waals surface area contributed by atoms with Crippen LogP contribution in [0.25, 0.3) is 0 Å². The molecule has 0 saturated heterocycles. The fourth-order valence-electron chi connectivity index (χ4n) is 3.69. The van der Waals surface area contributed by atoms with Gasteiger partial charge in [-0.05, 0) is 23.6 Å². The monoisotopic (exact) mass is 458 g/mol. The van der Waals surface area contributed by atoms with Crippen LogP contribution in [0, 0.1) is 0 Å². The molecule has 0 spiro atoms. The minimum Gasteiger partial charge on any atom is -0.493 e. The number of fused-ring (bicyclic) bond motifs is 3. The van der Waals surface area contributed by atoms with Crippen LogP contribution in [0.3, 0.4) is 0 Å². The van der Waals surface area contributed by atoms with Crippen LogP contribution in [-0.4, -0.2) is 55.3 Å². The first kappa shape index (κ1) is 19.9. The van der Waals surface area contributed by atoms with E-state index in [1.165, 1.54) is 11.1 Å². The van der Waals surface area contributed by atoms with Gasteiger partial charge in [-0.3, -0.25) is 9.79 Å². The van der Waals surface area contributed by atoms with Crippen LogP contribution in [0.1, 0.15) is 21.5 Å². The van der Waals surface area contributed by atoms with Crippen LogP contribution in [0.5, 0.6) is 11.5 Å². The molecule has 0 aromatic heterocycles. The molecule has 2 aromatic carbocycles. The Morgan fingerprint density at radius 3 is 2.76 bits per heavy atom. The number of nitrogens with zero attached hydrogens (tertiary/aromatic N) is 2. The Morgan fingerprint density at radius 2 is 1.97 bits per heavy atom. The van der Waals surface area contributed by atoms with Gasteiger partial charge in [-0.25, -0.2) is 0 Å². The Bertz CT molecular complexity index is 931. The van der Waals surface area contributed by atoms with Crippen LogP contribution < -0.4 is 9.47 Å². The lowest BCUT2D eigenvalue weighted by atomic mass is 9.94. The van der Waals surface area contributed by atoms with Crippen molar-refractivity contribution in [3.63, 3.8) is 0 Å². The van der Waals surface area contributed by atoms with Crippen LogP contribution in [-0.2, 0) is 17.7 Å². The van der Waals surface area contributed by atoms with Crippen molar-refractivity contribution in [1.82, 2.24) is 4.90 Å². The molecule has 0 bridgehead atoms. The number of ether oxygens (including phenoxy) is 3. The fraction of sp³-hybridized carbons (Fsp3) is 0.364. The summed E-state index contributed by atoms with van der Waals surface area (Å²) in [5.74, 6) is 1.04. The highest BCUT2D eigenvalue weighted by molar-refractivity contribution is 9.09. The number of halogens is 1. The smallest absolute Gasteiger partial charge is 0.257 e. The predicted octanol–water partition coefficient (Wildman–Crippen LogP) is 3.77. The van der Waals surface area contributed by atoms with E-state index in [0.29, 0.717) is 49.1 Å². The summed E-state index contributed by atoms with van der Waals surface area (Å²) in [5.41, 5.74) is 3.59. The molecule has 1 atom stereocenters. The maximum atomic E-state index is 13.3. The number of aliphatic imine (C=N–C) groups is 1. The van der Waals surface area contributed by atoms with Gasteiger partial charge in [0.15, 0.2) is 11.5 Å². The Labute approximate surface area is 178 Å². The number of hydrogen-bond donors (Lipinski definition) is 0. The molecule has 1 amide bonds. The summed E-state index contributed by atoms with van der Waals surface area (Å²) in [7, 11) is 1.57. The molecule has 0 N–H and O–H groups in total. The zero-order chi connectivity index (χ0) is 20.2. The SMILES string of the molecule is COc1cc2c(cc1OCCOCCBr)N=C[C@@H]1Cc3ccccc3CN1C2=O. The molecule has 152 valence electrons. The highest BCUT2D eigenvalue weighted by Crippen LogP contribution is 2.38. The third-order valence-corrected chi connectivity index (χ3v) is 5.48. The maximum absolute atomic E-state index is 13.3. The Balaban J connectivity index is 1.59. The number of methoxy groups -OCH3 is 1. The average Bonchev–Trinajstić information content (AvgIpc) is 2.88. The molecule has 0 saturated carbocycles. The van der Waals surface area contributed by atoms with E-state index in [0.717, 1.165) is 11.8 Å². The largest absolute Gasteiger partial charge is 0.493 e. The van der Waals surface area contributed by atoms with Gasteiger partial charge in [-0.2, -0.15) is 0 Å². The van der Waals surface area contributed by atoms with Gasteiger partial charge in [-0.1, -0.05) is 40.2 Å². The van der Waals surface area contributed by atoms with Crippen LogP contribution in [0.2, 0.25) is 0 Å². The topological polar surface area (TPSA) is 60.4 Å². The van der Waals surface area contributed by atoms with E-state index in [-0.39, 0.29) is 11.9 Å². The van der Waals surface area contributed by atoms with Crippen molar-refractivity contribution in [2.24, 2.45) is 4.99 Å². The molecular formula is C22H23BrN2O4. The van der Waals surface area contributed by atoms with Crippen molar-refractivity contribution < 1.29 is 19.0 Å². The number of amides is 1. The minimum atomic E-state index is -0.0576. The lowest BCUT2D eigenvalue weighted by molar-refractivity contribution is 0.0703. The molecule has 7 heteroatoms. The molecule has 0 unspecified atom stereocenters. The third-order valence-electron chi connectivity index (χ3n) is 5.15. The summed E-state index contributed by atoms with van der Waals surface area (Å²) in [6.45, 7) is 2.08. The zero-order valence-electron chi connectivity index (χ0n) is 16.3. The molecule has 2 aliphatic rings. The van der Waals surface area contributed by atoms with Gasteiger partial charge < -0.3 is 19.1 Å². The van der Waals surface area contributed by atoms with Gasteiger partial charge in [0, 0.05) is 24.2 Å². The molecule has 0 radical (unpaired) electrons. The van der Waals surface area contributed by atoms with Crippen molar-refractivity contribution >= 4 is 33.7 Å². The fourth-order valence-corrected chi connectivity index (χ4v) is 3.92. The van der Waals surface area contributed by atoms with Crippen LogP contribution >= 0.6 is 15.9 Å². The zero-order valence-corrected chi connectivity index (χ0v) is 17.9. The normalized spacial score (nSPS) is 17.2. The molecule has 29 heavy (non-hydrogen) atoms. The van der Waals surface area contributed by atoms with Gasteiger partial charge in [-0.15, -0.1) is 0 Å². The second-order valence-electron chi connectivity index (χ2n) is 6.92. The summed E-state index contributed by atoms with van der Waals surface area (Å²) in [5, 5.41) is 0.785. The number of rotatable bonds is 7. The second-order valence-corrected chi connectivity index (χ2v) is 7.71. The Kier molecular flexibility index (Phi) is 6.16. The van der Waals surface area contributed by atoms with Crippen molar-refractivity contribution in [2.45, 2.75) is 19.0 Å². The van der Waals surface area contributed by atoms with Gasteiger partial charge in [0.1, 0.15) is 6.61 Å². The molecule has 0 aliphatic carbocycles. The predicted molar refractivity (Wildman–Crippen MR) is 115 cm³/mol. The number of carbonyl (C=O) groups excluding carboxylic acids is 1. The lowest BCUT2D eigenvalue weighted by Crippen LogP contribution is -2.44. The van der Waals surface area contributed by atoms with E-state index in [4.69, 9.17) is 14.2 Å². The van der Waals surface area contributed by atoms with Gasteiger partial charge in [0.2, 0.25) is 0 Å². The first-order chi connectivity index (χ1) is 14.2. The first-order valence-corrected chi connectivity index (χ1v) is 10.7. The van der Waals surface area contributed by atoms with E-state index in [1.807, 2.05) is 23.2 Å². The van der Waals surface area contributed by atoms with Gasteiger partial charge in [0.25, 0.3) is 5.91 Å². The van der Waals surface area contributed by atoms with E-state index in [9.17, 15) is 4.79 Å². The summed E-state index contributed by atoms with van der Waals surface area (Å²) in [6, 6.07) is 11.7. The molecule has 0 fully saturated rings. The molecule has 2 aromatic rings. The average molecular weight is 459 g/mol. The van der Waals surface area contributed by atoms with Crippen LogP contribution in [0.4, 0.5) is 5.69 Å². The highest BCUT2D eigenvalue weighted by Gasteiger charge is 2.33. The van der Waals surface area contributed by atoms with Gasteiger partial charge >= 0.3 is 0 Å². The van der Waals surface area contributed by atoms with E-state index in [1.54, 1.807) is 19.2 Å². The number of hydrogen-bond acceptors (Lipinski definition) is 5. The Hall–Kier alpha value is -2.38. The molecule has 4 rings (SSSR count). The quantitative estimate of drug-likeness (QED) is 0.467. The maximum Gasteiger partial charge on any atom is 0.257 e. The molecular weight excluding hydrogens is 436 g/mol. The summed E-state index contributed by atoms with van der Waals surface area (Å²) in [6.07, 6.45) is 2.64. The number of benzene rings is 2. The summed E-state index contributed by atoms with van der Waals surface area (Å²) in [4.78, 5) is 19.8. The van der Waals surface area contributed by atoms with E-state index < -0.39 is 0 Å². The molecule has 2 aliphatic heterocycles. The molecule has 6 nitrogen and oxygen atoms in total. The van der Waals surface area contributed by atoms with Crippen LogP contribution in [0.15, 0.2) is 41.4 Å². The van der Waals surface area contributed by atoms with Crippen molar-refractivity contribution in [1.29, 1.82) is 0 Å². The van der Waals surface area contributed by atoms with Crippen molar-refractivity contribution in [3.05, 3.63) is 53.1 Å². The first-order valence-electron chi connectivity index (χ1n) is 9.61. The minimum absolute atomic E-state index is 0.0393. The second kappa shape index (κ2) is 8.97. The third kappa shape index (κ3) is 4.16. The molecule has 2 heterocycles. The standard InChI is InChI=1S/C22H23BrN2O4/c1-27-20-11-18-19(12-21(20)29-9-8-28-7-6-23)24-13-17-10-15-4-2-3-5-16(15)14-25(17)22(18)26/h2-5,11-13,17H,6-10,14H2,1H3/t17-/m0/s1. The van der Waals surface area contributed by atoms with Crippen molar-refractivity contribution in [2.75, 3.05) is 32.3 Å². The van der Waals surface area contributed by atoms with E-state index in [2.05, 4.69) is 33.1 Å². The number of alkyl halides is 1. The van der Waals surface area contributed by atoms with Crippen molar-refractivity contribution in [3.8, 4) is 11.5 Å². The highest BCUT2D eigenvalue weighted by atomic mass is 79.9.